The number of benzene rings is 2. The first-order chi connectivity index (χ1) is 14.4. The van der Waals surface area contributed by atoms with Crippen LogP contribution in [-0.4, -0.2) is 30.5 Å². The number of amides is 1. The maximum atomic E-state index is 13.7. The summed E-state index contributed by atoms with van der Waals surface area (Å²) in [4.78, 5) is 28.9. The van der Waals surface area contributed by atoms with E-state index in [0.717, 1.165) is 23.0 Å². The average molecular weight is 414 g/mol. The van der Waals surface area contributed by atoms with E-state index in [0.29, 0.717) is 11.6 Å². The number of anilines is 1. The van der Waals surface area contributed by atoms with E-state index in [1.165, 1.54) is 16.8 Å². The van der Waals surface area contributed by atoms with Gasteiger partial charge < -0.3 is 5.32 Å². The van der Waals surface area contributed by atoms with E-state index in [4.69, 9.17) is 0 Å². The van der Waals surface area contributed by atoms with Crippen LogP contribution in [0.15, 0.2) is 53.6 Å². The minimum atomic E-state index is -0.940. The minimum Gasteiger partial charge on any atom is -0.322 e. The Kier molecular flexibility index (Phi) is 5.00. The van der Waals surface area contributed by atoms with Crippen LogP contribution in [0, 0.1) is 17.5 Å². The summed E-state index contributed by atoms with van der Waals surface area (Å²) in [5.74, 6) is -2.84. The van der Waals surface area contributed by atoms with Gasteiger partial charge in [0.05, 0.1) is 12.2 Å². The molecular weight excluding hydrogens is 401 g/mol. The summed E-state index contributed by atoms with van der Waals surface area (Å²) in [6.07, 6.45) is 1.14. The first-order valence-electron chi connectivity index (χ1n) is 8.68. The van der Waals surface area contributed by atoms with E-state index in [-0.39, 0.29) is 23.4 Å². The van der Waals surface area contributed by atoms with Crippen molar-refractivity contribution in [2.24, 2.45) is 0 Å². The monoisotopic (exact) mass is 414 g/mol. The highest BCUT2D eigenvalue weighted by atomic mass is 19.1. The normalized spacial score (nSPS) is 11.0. The second kappa shape index (κ2) is 7.78. The molecule has 0 atom stereocenters. The molecule has 4 aromatic rings. The number of rotatable bonds is 5. The molecule has 1 N–H and O–H groups in total. The average Bonchev–Trinajstić information content (AvgIpc) is 3.10. The molecule has 0 bridgehead atoms. The molecule has 1 amide bonds. The standard InChI is InChI=1S/C19H13F3N6O2/c20-12-3-1-2-11(6-12)8-28-18-17(25-26-28)19(30)27(10-23-18)9-16(29)24-15-5-4-13(21)7-14(15)22/h1-7,10H,8-9H2,(H,24,29). The van der Waals surface area contributed by atoms with Crippen molar-refractivity contribution >= 4 is 22.8 Å². The quantitative estimate of drug-likeness (QED) is 0.540. The Bertz CT molecular complexity index is 1320. The van der Waals surface area contributed by atoms with Gasteiger partial charge in [0.15, 0.2) is 11.2 Å². The summed E-state index contributed by atoms with van der Waals surface area (Å²) in [5, 5.41) is 9.93. The number of aromatic nitrogens is 5. The van der Waals surface area contributed by atoms with Crippen LogP contribution in [0.2, 0.25) is 0 Å². The minimum absolute atomic E-state index is 0.0744. The van der Waals surface area contributed by atoms with Crippen molar-refractivity contribution in [3.63, 3.8) is 0 Å². The number of nitrogens with zero attached hydrogens (tertiary/aromatic N) is 5. The van der Waals surface area contributed by atoms with Crippen LogP contribution in [0.25, 0.3) is 11.2 Å². The lowest BCUT2D eigenvalue weighted by Crippen LogP contribution is -2.28. The number of fused-ring (bicyclic) bond motifs is 1. The fraction of sp³-hybridized carbons (Fsp3) is 0.105. The zero-order valence-electron chi connectivity index (χ0n) is 15.2. The van der Waals surface area contributed by atoms with Crippen molar-refractivity contribution in [2.75, 3.05) is 5.32 Å². The van der Waals surface area contributed by atoms with Crippen LogP contribution >= 0.6 is 0 Å². The Morgan fingerprint density at radius 3 is 2.63 bits per heavy atom. The summed E-state index contributed by atoms with van der Waals surface area (Å²) >= 11 is 0. The van der Waals surface area contributed by atoms with E-state index < -0.39 is 35.5 Å². The Morgan fingerprint density at radius 2 is 1.87 bits per heavy atom. The molecule has 0 saturated heterocycles. The van der Waals surface area contributed by atoms with E-state index >= 15 is 0 Å². The third kappa shape index (κ3) is 3.90. The van der Waals surface area contributed by atoms with Gasteiger partial charge in [0.25, 0.3) is 5.56 Å². The molecule has 0 unspecified atom stereocenters. The molecule has 152 valence electrons. The summed E-state index contributed by atoms with van der Waals surface area (Å²) in [6, 6.07) is 8.58. The largest absolute Gasteiger partial charge is 0.322 e. The van der Waals surface area contributed by atoms with E-state index in [1.54, 1.807) is 12.1 Å². The summed E-state index contributed by atoms with van der Waals surface area (Å²) in [5.41, 5.74) is -0.140. The molecule has 0 aliphatic carbocycles. The van der Waals surface area contributed by atoms with Gasteiger partial charge in [-0.2, -0.15) is 0 Å². The fourth-order valence-electron chi connectivity index (χ4n) is 2.85. The Morgan fingerprint density at radius 1 is 1.07 bits per heavy atom. The number of nitrogens with one attached hydrogen (secondary N) is 1. The second-order valence-corrected chi connectivity index (χ2v) is 6.40. The fourth-order valence-corrected chi connectivity index (χ4v) is 2.85. The van der Waals surface area contributed by atoms with Crippen LogP contribution in [0.1, 0.15) is 5.56 Å². The number of carbonyl (C=O) groups is 1. The van der Waals surface area contributed by atoms with Gasteiger partial charge in [-0.25, -0.2) is 22.8 Å². The zero-order chi connectivity index (χ0) is 21.3. The number of carbonyl (C=O) groups excluding carboxylic acids is 1. The number of hydrogen-bond donors (Lipinski definition) is 1. The molecule has 0 aliphatic rings. The van der Waals surface area contributed by atoms with Gasteiger partial charge in [-0.3, -0.25) is 14.2 Å². The maximum Gasteiger partial charge on any atom is 0.283 e. The van der Waals surface area contributed by atoms with Crippen molar-refractivity contribution < 1.29 is 18.0 Å². The summed E-state index contributed by atoms with van der Waals surface area (Å²) in [6.45, 7) is -0.315. The highest BCUT2D eigenvalue weighted by Gasteiger charge is 2.15. The van der Waals surface area contributed by atoms with Crippen LogP contribution in [-0.2, 0) is 17.9 Å². The summed E-state index contributed by atoms with van der Waals surface area (Å²) < 4.78 is 42.3. The number of halogens is 3. The van der Waals surface area contributed by atoms with Gasteiger partial charge in [0.1, 0.15) is 30.3 Å². The Labute approximate surface area is 166 Å². The van der Waals surface area contributed by atoms with Crippen molar-refractivity contribution in [1.29, 1.82) is 0 Å². The molecule has 30 heavy (non-hydrogen) atoms. The van der Waals surface area contributed by atoms with Gasteiger partial charge in [-0.05, 0) is 29.8 Å². The van der Waals surface area contributed by atoms with E-state index in [9.17, 15) is 22.8 Å². The topological polar surface area (TPSA) is 94.7 Å². The predicted octanol–water partition coefficient (Wildman–Crippen LogP) is 2.09. The molecule has 0 radical (unpaired) electrons. The van der Waals surface area contributed by atoms with E-state index in [2.05, 4.69) is 20.6 Å². The SMILES string of the molecule is O=C(Cn1cnc2c(nnn2Cc2cccc(F)c2)c1=O)Nc1ccc(F)cc1F. The zero-order valence-corrected chi connectivity index (χ0v) is 15.2. The molecule has 0 saturated carbocycles. The van der Waals surface area contributed by atoms with Crippen LogP contribution in [0.3, 0.4) is 0 Å². The molecular formula is C19H13F3N6O2. The third-order valence-corrected chi connectivity index (χ3v) is 4.23. The highest BCUT2D eigenvalue weighted by Crippen LogP contribution is 2.15. The van der Waals surface area contributed by atoms with Gasteiger partial charge in [-0.1, -0.05) is 17.3 Å². The molecule has 0 aliphatic heterocycles. The third-order valence-electron chi connectivity index (χ3n) is 4.23. The Balaban J connectivity index is 1.55. The van der Waals surface area contributed by atoms with E-state index in [1.807, 2.05) is 0 Å². The molecule has 0 fully saturated rings. The first kappa shape index (κ1) is 19.3. The Hall–Kier alpha value is -4.02. The molecule has 11 heteroatoms. The summed E-state index contributed by atoms with van der Waals surface area (Å²) in [7, 11) is 0. The smallest absolute Gasteiger partial charge is 0.283 e. The first-order valence-corrected chi connectivity index (χ1v) is 8.68. The van der Waals surface area contributed by atoms with Gasteiger partial charge in [-0.15, -0.1) is 5.10 Å². The lowest BCUT2D eigenvalue weighted by molar-refractivity contribution is -0.116. The van der Waals surface area contributed by atoms with Gasteiger partial charge in [0, 0.05) is 6.07 Å². The second-order valence-electron chi connectivity index (χ2n) is 6.40. The van der Waals surface area contributed by atoms with Crippen LogP contribution < -0.4 is 10.9 Å². The predicted molar refractivity (Wildman–Crippen MR) is 100 cm³/mol. The van der Waals surface area contributed by atoms with Crippen molar-refractivity contribution in [2.45, 2.75) is 13.1 Å². The number of hydrogen-bond acceptors (Lipinski definition) is 5. The van der Waals surface area contributed by atoms with Gasteiger partial charge >= 0.3 is 0 Å². The van der Waals surface area contributed by atoms with Crippen LogP contribution in [0.4, 0.5) is 18.9 Å². The maximum absolute atomic E-state index is 13.7. The highest BCUT2D eigenvalue weighted by molar-refractivity contribution is 5.90. The lowest BCUT2D eigenvalue weighted by Gasteiger charge is -2.08. The van der Waals surface area contributed by atoms with Crippen molar-refractivity contribution in [1.82, 2.24) is 24.5 Å². The molecule has 2 aromatic heterocycles. The molecule has 0 spiro atoms. The lowest BCUT2D eigenvalue weighted by atomic mass is 10.2. The van der Waals surface area contributed by atoms with Crippen molar-refractivity contribution in [3.05, 3.63) is 82.2 Å². The van der Waals surface area contributed by atoms with Crippen molar-refractivity contribution in [3.8, 4) is 0 Å². The van der Waals surface area contributed by atoms with Crippen LogP contribution in [0.5, 0.6) is 0 Å². The molecule has 2 aromatic carbocycles. The molecule has 2 heterocycles. The molecule has 4 rings (SSSR count). The molecule has 8 nitrogen and oxygen atoms in total. The van der Waals surface area contributed by atoms with Gasteiger partial charge in [0.2, 0.25) is 5.91 Å².